The molecule has 1 saturated heterocycles. The molecule has 7 nitrogen and oxygen atoms in total. The van der Waals surface area contributed by atoms with E-state index in [1.165, 1.54) is 12.4 Å². The van der Waals surface area contributed by atoms with Gasteiger partial charge in [-0.05, 0) is 39.5 Å². The quantitative estimate of drug-likeness (QED) is 0.896. The fraction of sp³-hybridized carbons (Fsp3) is 0.625. The third-order valence-corrected chi connectivity index (χ3v) is 4.05. The van der Waals surface area contributed by atoms with Gasteiger partial charge in [-0.25, -0.2) is 9.78 Å². The first-order valence-electron chi connectivity index (χ1n) is 7.85. The molecule has 2 heterocycles. The largest absolute Gasteiger partial charge is 0.481 e. The number of aliphatic carboxylic acids is 1. The summed E-state index contributed by atoms with van der Waals surface area (Å²) in [7, 11) is 0. The summed E-state index contributed by atoms with van der Waals surface area (Å²) >= 11 is 5.82. The van der Waals surface area contributed by atoms with Crippen molar-refractivity contribution in [3.63, 3.8) is 0 Å². The number of carbonyl (C=O) groups excluding carboxylic acids is 1. The van der Waals surface area contributed by atoms with Crippen molar-refractivity contribution in [2.45, 2.75) is 45.1 Å². The first-order valence-corrected chi connectivity index (χ1v) is 8.23. The van der Waals surface area contributed by atoms with E-state index in [4.69, 9.17) is 16.3 Å². The van der Waals surface area contributed by atoms with Crippen molar-refractivity contribution >= 4 is 23.7 Å². The highest BCUT2D eigenvalue weighted by Gasteiger charge is 2.36. The van der Waals surface area contributed by atoms with Gasteiger partial charge in [0, 0.05) is 19.3 Å². The van der Waals surface area contributed by atoms with Crippen molar-refractivity contribution in [3.8, 4) is 0 Å². The van der Waals surface area contributed by atoms with E-state index in [0.717, 1.165) is 0 Å². The van der Waals surface area contributed by atoms with Crippen LogP contribution in [0.2, 0.25) is 5.15 Å². The molecule has 0 aromatic carbocycles. The van der Waals surface area contributed by atoms with E-state index in [1.807, 2.05) is 20.8 Å². The number of piperidine rings is 1. The number of likely N-dealkylation sites (tertiary alicyclic amines) is 1. The van der Waals surface area contributed by atoms with Gasteiger partial charge in [-0.2, -0.15) is 0 Å². The second-order valence-corrected chi connectivity index (χ2v) is 7.27. The highest BCUT2D eigenvalue weighted by atomic mass is 35.5. The van der Waals surface area contributed by atoms with Gasteiger partial charge in [-0.15, -0.1) is 0 Å². The first-order chi connectivity index (χ1) is 11.2. The molecule has 1 aromatic rings. The van der Waals surface area contributed by atoms with Crippen LogP contribution < -0.4 is 0 Å². The fourth-order valence-corrected chi connectivity index (χ4v) is 2.97. The van der Waals surface area contributed by atoms with Crippen molar-refractivity contribution < 1.29 is 19.4 Å². The first kappa shape index (κ1) is 18.4. The second kappa shape index (κ2) is 7.34. The zero-order valence-corrected chi connectivity index (χ0v) is 14.8. The molecule has 1 fully saturated rings. The highest BCUT2D eigenvalue weighted by molar-refractivity contribution is 6.29. The Labute approximate surface area is 146 Å². The fourth-order valence-electron chi connectivity index (χ4n) is 2.82. The molecule has 0 spiro atoms. The molecule has 0 radical (unpaired) electrons. The lowest BCUT2D eigenvalue weighted by molar-refractivity contribution is -0.140. The number of ether oxygens (including phenoxy) is 1. The monoisotopic (exact) mass is 355 g/mol. The standard InChI is InChI=1S/C16H22ClN3O4/c1-16(2,3)24-15(23)20-6-4-10(5-7-20)13(14(21)22)11-8-18-9-12(17)19-11/h8-10,13H,4-7H2,1-3H3,(H,21,22). The predicted octanol–water partition coefficient (Wildman–Crippen LogP) is 2.95. The van der Waals surface area contributed by atoms with Gasteiger partial charge >= 0.3 is 12.1 Å². The summed E-state index contributed by atoms with van der Waals surface area (Å²) in [6.07, 6.45) is 3.56. The Morgan fingerprint density at radius 1 is 1.33 bits per heavy atom. The van der Waals surface area contributed by atoms with E-state index < -0.39 is 17.5 Å². The molecule has 24 heavy (non-hydrogen) atoms. The number of nitrogens with zero attached hydrogens (tertiary/aromatic N) is 3. The van der Waals surface area contributed by atoms with E-state index in [0.29, 0.717) is 31.6 Å². The van der Waals surface area contributed by atoms with E-state index in [9.17, 15) is 14.7 Å². The van der Waals surface area contributed by atoms with Crippen LogP contribution in [0.3, 0.4) is 0 Å². The summed E-state index contributed by atoms with van der Waals surface area (Å²) in [6.45, 7) is 6.36. The summed E-state index contributed by atoms with van der Waals surface area (Å²) in [6, 6.07) is 0. The van der Waals surface area contributed by atoms with Crippen LogP contribution in [0.25, 0.3) is 0 Å². The Morgan fingerprint density at radius 3 is 2.46 bits per heavy atom. The van der Waals surface area contributed by atoms with Gasteiger partial charge in [-0.1, -0.05) is 11.6 Å². The number of rotatable bonds is 3. The Hall–Kier alpha value is -1.89. The lowest BCUT2D eigenvalue weighted by Crippen LogP contribution is -2.43. The van der Waals surface area contributed by atoms with Crippen molar-refractivity contribution in [1.82, 2.24) is 14.9 Å². The molecule has 1 aliphatic rings. The molecule has 1 atom stereocenters. The second-order valence-electron chi connectivity index (χ2n) is 6.89. The molecular weight excluding hydrogens is 334 g/mol. The molecule has 2 rings (SSSR count). The molecule has 1 amide bonds. The van der Waals surface area contributed by atoms with Crippen molar-refractivity contribution in [2.24, 2.45) is 5.92 Å². The molecule has 1 N–H and O–H groups in total. The molecule has 132 valence electrons. The smallest absolute Gasteiger partial charge is 0.410 e. The van der Waals surface area contributed by atoms with Crippen LogP contribution in [-0.2, 0) is 9.53 Å². The molecular formula is C16H22ClN3O4. The van der Waals surface area contributed by atoms with Crippen LogP contribution in [0.1, 0.15) is 45.2 Å². The number of hydrogen-bond acceptors (Lipinski definition) is 5. The number of carboxylic acids is 1. The van der Waals surface area contributed by atoms with Crippen LogP contribution in [0.4, 0.5) is 4.79 Å². The molecule has 0 aliphatic carbocycles. The Kier molecular flexibility index (Phi) is 5.64. The van der Waals surface area contributed by atoms with Crippen LogP contribution in [0.5, 0.6) is 0 Å². The van der Waals surface area contributed by atoms with E-state index in [2.05, 4.69) is 9.97 Å². The maximum atomic E-state index is 12.1. The molecule has 1 unspecified atom stereocenters. The molecule has 1 aliphatic heterocycles. The van der Waals surface area contributed by atoms with Gasteiger partial charge in [0.05, 0.1) is 11.9 Å². The third kappa shape index (κ3) is 4.80. The summed E-state index contributed by atoms with van der Waals surface area (Å²) in [5.74, 6) is -1.87. The molecule has 8 heteroatoms. The van der Waals surface area contributed by atoms with Crippen LogP contribution in [-0.4, -0.2) is 50.7 Å². The Morgan fingerprint density at radius 2 is 1.96 bits per heavy atom. The van der Waals surface area contributed by atoms with Crippen LogP contribution in [0, 0.1) is 5.92 Å². The number of halogens is 1. The highest BCUT2D eigenvalue weighted by Crippen LogP contribution is 2.32. The lowest BCUT2D eigenvalue weighted by atomic mass is 9.82. The average molecular weight is 356 g/mol. The molecule has 0 saturated carbocycles. The summed E-state index contributed by atoms with van der Waals surface area (Å²) in [5.41, 5.74) is -0.195. The van der Waals surface area contributed by atoms with Crippen molar-refractivity contribution in [2.75, 3.05) is 13.1 Å². The topological polar surface area (TPSA) is 92.6 Å². The van der Waals surface area contributed by atoms with Gasteiger partial charge in [-0.3, -0.25) is 9.78 Å². The zero-order valence-electron chi connectivity index (χ0n) is 14.0. The van der Waals surface area contributed by atoms with Gasteiger partial charge in [0.25, 0.3) is 0 Å². The normalized spacial score (nSPS) is 17.4. The van der Waals surface area contributed by atoms with Gasteiger partial charge in [0.15, 0.2) is 0 Å². The minimum absolute atomic E-state index is 0.131. The number of hydrogen-bond donors (Lipinski definition) is 1. The maximum Gasteiger partial charge on any atom is 0.410 e. The zero-order chi connectivity index (χ0) is 17.9. The van der Waals surface area contributed by atoms with E-state index in [1.54, 1.807) is 4.90 Å². The molecule has 0 bridgehead atoms. The van der Waals surface area contributed by atoms with Crippen molar-refractivity contribution in [3.05, 3.63) is 23.2 Å². The van der Waals surface area contributed by atoms with Crippen LogP contribution >= 0.6 is 11.6 Å². The van der Waals surface area contributed by atoms with Gasteiger partial charge in [0.2, 0.25) is 0 Å². The predicted molar refractivity (Wildman–Crippen MR) is 87.9 cm³/mol. The van der Waals surface area contributed by atoms with Gasteiger partial charge in [0.1, 0.15) is 16.7 Å². The van der Waals surface area contributed by atoms with Crippen LogP contribution in [0.15, 0.2) is 12.4 Å². The Balaban J connectivity index is 2.04. The number of carbonyl (C=O) groups is 2. The summed E-state index contributed by atoms with van der Waals surface area (Å²) < 4.78 is 5.35. The number of amides is 1. The maximum absolute atomic E-state index is 12.1. The SMILES string of the molecule is CC(C)(C)OC(=O)N1CCC(C(C(=O)O)c2cncc(Cl)n2)CC1. The summed E-state index contributed by atoms with van der Waals surface area (Å²) in [4.78, 5) is 33.4. The van der Waals surface area contributed by atoms with E-state index in [-0.39, 0.29) is 17.2 Å². The van der Waals surface area contributed by atoms with Crippen molar-refractivity contribution in [1.29, 1.82) is 0 Å². The average Bonchev–Trinajstić information content (AvgIpc) is 2.46. The van der Waals surface area contributed by atoms with E-state index >= 15 is 0 Å². The summed E-state index contributed by atoms with van der Waals surface area (Å²) in [5, 5.41) is 9.75. The minimum Gasteiger partial charge on any atom is -0.481 e. The van der Waals surface area contributed by atoms with Gasteiger partial charge < -0.3 is 14.7 Å². The lowest BCUT2D eigenvalue weighted by Gasteiger charge is -2.35. The number of carboxylic acid groups (broad SMARTS) is 1. The third-order valence-electron chi connectivity index (χ3n) is 3.87. The minimum atomic E-state index is -0.956. The Bertz CT molecular complexity index is 610. The molecule has 1 aromatic heterocycles. The number of aromatic nitrogens is 2.